The van der Waals surface area contributed by atoms with Crippen LogP contribution in [0.15, 0.2) is 18.2 Å². The third kappa shape index (κ3) is 2.31. The summed E-state index contributed by atoms with van der Waals surface area (Å²) >= 11 is 0. The second kappa shape index (κ2) is 4.44. The molecule has 0 amide bonds. The van der Waals surface area contributed by atoms with Crippen LogP contribution in [-0.4, -0.2) is 10.2 Å². The zero-order valence-electron chi connectivity index (χ0n) is 11.3. The van der Waals surface area contributed by atoms with Crippen molar-refractivity contribution in [2.75, 3.05) is 0 Å². The lowest BCUT2D eigenvalue weighted by Gasteiger charge is -2.14. The Bertz CT molecular complexity index is 542. The Kier molecular flexibility index (Phi) is 3.14. The van der Waals surface area contributed by atoms with Crippen molar-refractivity contribution in [3.63, 3.8) is 0 Å². The van der Waals surface area contributed by atoms with E-state index in [1.807, 2.05) is 6.92 Å². The van der Waals surface area contributed by atoms with Gasteiger partial charge in [0, 0.05) is 5.39 Å². The standard InChI is InChI=1S/C15H20N2/c1-9(2)12-7-13-6-11(5)16-17-15(13)14(8-12)10(3)4/h6-10H,1-5H3. The van der Waals surface area contributed by atoms with Crippen molar-refractivity contribution in [3.05, 3.63) is 35.0 Å². The fourth-order valence-electron chi connectivity index (χ4n) is 2.09. The van der Waals surface area contributed by atoms with E-state index in [1.165, 1.54) is 16.5 Å². The highest BCUT2D eigenvalue weighted by Crippen LogP contribution is 2.28. The average Bonchev–Trinajstić information content (AvgIpc) is 2.26. The predicted octanol–water partition coefficient (Wildman–Crippen LogP) is 4.19. The molecular formula is C15H20N2. The monoisotopic (exact) mass is 228 g/mol. The van der Waals surface area contributed by atoms with E-state index in [4.69, 9.17) is 0 Å². The second-order valence-corrected chi connectivity index (χ2v) is 5.34. The van der Waals surface area contributed by atoms with Crippen LogP contribution in [0.5, 0.6) is 0 Å². The topological polar surface area (TPSA) is 25.8 Å². The van der Waals surface area contributed by atoms with Gasteiger partial charge < -0.3 is 0 Å². The molecule has 0 atom stereocenters. The Labute approximate surface area is 103 Å². The lowest BCUT2D eigenvalue weighted by molar-refractivity contribution is 0.835. The highest BCUT2D eigenvalue weighted by Gasteiger charge is 2.11. The molecule has 0 fully saturated rings. The highest BCUT2D eigenvalue weighted by molar-refractivity contribution is 5.83. The van der Waals surface area contributed by atoms with Crippen LogP contribution in [0.25, 0.3) is 10.9 Å². The van der Waals surface area contributed by atoms with Gasteiger partial charge in [-0.1, -0.05) is 33.8 Å². The van der Waals surface area contributed by atoms with Gasteiger partial charge in [0.05, 0.1) is 11.2 Å². The first-order chi connectivity index (χ1) is 7.99. The van der Waals surface area contributed by atoms with Crippen molar-refractivity contribution in [2.45, 2.75) is 46.5 Å². The minimum atomic E-state index is 0.480. The number of aromatic nitrogens is 2. The summed E-state index contributed by atoms with van der Waals surface area (Å²) in [6.45, 7) is 10.9. The van der Waals surface area contributed by atoms with Crippen LogP contribution >= 0.6 is 0 Å². The smallest absolute Gasteiger partial charge is 0.0964 e. The Morgan fingerprint density at radius 2 is 1.59 bits per heavy atom. The van der Waals surface area contributed by atoms with Gasteiger partial charge in [-0.3, -0.25) is 0 Å². The van der Waals surface area contributed by atoms with E-state index in [-0.39, 0.29) is 0 Å². The van der Waals surface area contributed by atoms with Gasteiger partial charge in [0.2, 0.25) is 0 Å². The van der Waals surface area contributed by atoms with Crippen molar-refractivity contribution >= 4 is 10.9 Å². The lowest BCUT2D eigenvalue weighted by Crippen LogP contribution is -1.99. The molecule has 17 heavy (non-hydrogen) atoms. The van der Waals surface area contributed by atoms with Crippen molar-refractivity contribution in [1.82, 2.24) is 10.2 Å². The molecule has 0 saturated heterocycles. The van der Waals surface area contributed by atoms with Crippen LogP contribution in [0.1, 0.15) is 56.4 Å². The molecule has 0 spiro atoms. The quantitative estimate of drug-likeness (QED) is 0.770. The second-order valence-electron chi connectivity index (χ2n) is 5.34. The molecule has 0 N–H and O–H groups in total. The fraction of sp³-hybridized carbons (Fsp3) is 0.467. The molecule has 2 rings (SSSR count). The van der Waals surface area contributed by atoms with Crippen molar-refractivity contribution in [1.29, 1.82) is 0 Å². The highest BCUT2D eigenvalue weighted by atomic mass is 15.1. The summed E-state index contributed by atoms with van der Waals surface area (Å²) in [6, 6.07) is 6.65. The third-order valence-electron chi connectivity index (χ3n) is 3.15. The maximum Gasteiger partial charge on any atom is 0.0964 e. The van der Waals surface area contributed by atoms with Gasteiger partial charge in [0.15, 0.2) is 0 Å². The number of rotatable bonds is 2. The Balaban J connectivity index is 2.76. The molecule has 0 unspecified atom stereocenters. The minimum Gasteiger partial charge on any atom is -0.155 e. The first kappa shape index (κ1) is 12.0. The van der Waals surface area contributed by atoms with Crippen LogP contribution < -0.4 is 0 Å². The molecule has 0 saturated carbocycles. The summed E-state index contributed by atoms with van der Waals surface area (Å²) in [4.78, 5) is 0. The molecule has 0 aliphatic heterocycles. The number of hydrogen-bond donors (Lipinski definition) is 0. The molecule has 2 heteroatoms. The molecule has 1 aromatic carbocycles. The van der Waals surface area contributed by atoms with Crippen molar-refractivity contribution < 1.29 is 0 Å². The molecule has 0 aliphatic carbocycles. The van der Waals surface area contributed by atoms with Crippen LogP contribution in [0.3, 0.4) is 0 Å². The summed E-state index contributed by atoms with van der Waals surface area (Å²) in [6.07, 6.45) is 0. The van der Waals surface area contributed by atoms with E-state index in [2.05, 4.69) is 56.1 Å². The maximum atomic E-state index is 4.35. The van der Waals surface area contributed by atoms with Gasteiger partial charge in [-0.2, -0.15) is 5.10 Å². The number of aryl methyl sites for hydroxylation is 1. The van der Waals surface area contributed by atoms with Gasteiger partial charge in [-0.15, -0.1) is 5.10 Å². The van der Waals surface area contributed by atoms with Gasteiger partial charge >= 0.3 is 0 Å². The number of benzene rings is 1. The largest absolute Gasteiger partial charge is 0.155 e. The number of hydrogen-bond acceptors (Lipinski definition) is 2. The first-order valence-electron chi connectivity index (χ1n) is 6.27. The molecule has 1 heterocycles. The SMILES string of the molecule is Cc1cc2cc(C(C)C)cc(C(C)C)c2nn1. The molecule has 2 aromatic rings. The number of fused-ring (bicyclic) bond motifs is 1. The van der Waals surface area contributed by atoms with E-state index in [1.54, 1.807) is 0 Å². The van der Waals surface area contributed by atoms with Crippen LogP contribution in [0, 0.1) is 6.92 Å². The van der Waals surface area contributed by atoms with Crippen LogP contribution in [0.2, 0.25) is 0 Å². The summed E-state index contributed by atoms with van der Waals surface area (Å²) in [5.41, 5.74) is 4.72. The third-order valence-corrected chi connectivity index (χ3v) is 3.15. The Morgan fingerprint density at radius 3 is 2.18 bits per heavy atom. The maximum absolute atomic E-state index is 4.35. The normalized spacial score (nSPS) is 11.7. The van der Waals surface area contributed by atoms with Crippen molar-refractivity contribution in [2.24, 2.45) is 0 Å². The Hall–Kier alpha value is -1.44. The van der Waals surface area contributed by atoms with E-state index in [0.29, 0.717) is 11.8 Å². The van der Waals surface area contributed by atoms with E-state index in [0.717, 1.165) is 11.2 Å². The average molecular weight is 228 g/mol. The van der Waals surface area contributed by atoms with E-state index >= 15 is 0 Å². The van der Waals surface area contributed by atoms with E-state index < -0.39 is 0 Å². The van der Waals surface area contributed by atoms with Gasteiger partial charge in [-0.25, -0.2) is 0 Å². The summed E-state index contributed by atoms with van der Waals surface area (Å²) < 4.78 is 0. The summed E-state index contributed by atoms with van der Waals surface area (Å²) in [5.74, 6) is 1.03. The molecule has 2 nitrogen and oxygen atoms in total. The molecular weight excluding hydrogens is 208 g/mol. The fourth-order valence-corrected chi connectivity index (χ4v) is 2.09. The molecule has 0 aliphatic rings. The lowest BCUT2D eigenvalue weighted by atomic mass is 9.93. The van der Waals surface area contributed by atoms with Crippen LogP contribution in [-0.2, 0) is 0 Å². The molecule has 90 valence electrons. The molecule has 0 radical (unpaired) electrons. The Morgan fingerprint density at radius 1 is 0.882 bits per heavy atom. The van der Waals surface area contributed by atoms with Gasteiger partial charge in [-0.05, 0) is 42.0 Å². The van der Waals surface area contributed by atoms with Crippen molar-refractivity contribution in [3.8, 4) is 0 Å². The zero-order valence-corrected chi connectivity index (χ0v) is 11.3. The first-order valence-corrected chi connectivity index (χ1v) is 6.27. The van der Waals surface area contributed by atoms with Crippen LogP contribution in [0.4, 0.5) is 0 Å². The molecule has 0 bridgehead atoms. The molecule has 1 aromatic heterocycles. The minimum absolute atomic E-state index is 0.480. The van der Waals surface area contributed by atoms with E-state index in [9.17, 15) is 0 Å². The summed E-state index contributed by atoms with van der Waals surface area (Å²) in [5, 5.41) is 9.74. The zero-order chi connectivity index (χ0) is 12.6. The predicted molar refractivity (Wildman–Crippen MR) is 72.5 cm³/mol. The summed E-state index contributed by atoms with van der Waals surface area (Å²) in [7, 11) is 0. The van der Waals surface area contributed by atoms with Gasteiger partial charge in [0.25, 0.3) is 0 Å². The number of nitrogens with zero attached hydrogens (tertiary/aromatic N) is 2. The van der Waals surface area contributed by atoms with Gasteiger partial charge in [0.1, 0.15) is 0 Å².